The predicted molar refractivity (Wildman–Crippen MR) is 128 cm³/mol. The molecule has 0 bridgehead atoms. The Bertz CT molecular complexity index is 1280. The maximum absolute atomic E-state index is 13.3. The summed E-state index contributed by atoms with van der Waals surface area (Å²) < 4.78 is 7.48. The third-order valence-corrected chi connectivity index (χ3v) is 6.35. The molecule has 0 aliphatic carbocycles. The summed E-state index contributed by atoms with van der Waals surface area (Å²) >= 11 is 0. The second-order valence-corrected chi connectivity index (χ2v) is 8.59. The number of rotatable bonds is 6. The van der Waals surface area contributed by atoms with Crippen molar-refractivity contribution >= 4 is 22.9 Å². The molecule has 0 spiro atoms. The highest BCUT2D eigenvalue weighted by atomic mass is 16.6. The van der Waals surface area contributed by atoms with Gasteiger partial charge in [-0.15, -0.1) is 0 Å². The van der Waals surface area contributed by atoms with E-state index in [0.29, 0.717) is 0 Å². The van der Waals surface area contributed by atoms with E-state index in [1.807, 2.05) is 67.6 Å². The van der Waals surface area contributed by atoms with Crippen LogP contribution in [0.2, 0.25) is 0 Å². The van der Waals surface area contributed by atoms with Gasteiger partial charge >= 0.3 is 6.09 Å². The van der Waals surface area contributed by atoms with Crippen molar-refractivity contribution in [2.24, 2.45) is 0 Å². The van der Waals surface area contributed by atoms with E-state index in [0.717, 1.165) is 28.6 Å². The van der Waals surface area contributed by atoms with E-state index >= 15 is 0 Å². The molecule has 2 atom stereocenters. The lowest BCUT2D eigenvalue weighted by Gasteiger charge is -2.21. The van der Waals surface area contributed by atoms with Crippen LogP contribution in [0.3, 0.4) is 0 Å². The molecule has 5 nitrogen and oxygen atoms in total. The van der Waals surface area contributed by atoms with Gasteiger partial charge in [-0.2, -0.15) is 0 Å². The van der Waals surface area contributed by atoms with Crippen molar-refractivity contribution in [2.45, 2.75) is 31.8 Å². The number of imide groups is 1. The zero-order valence-corrected chi connectivity index (χ0v) is 18.6. The zero-order valence-electron chi connectivity index (χ0n) is 18.6. The molecule has 33 heavy (non-hydrogen) atoms. The van der Waals surface area contributed by atoms with Gasteiger partial charge in [-0.1, -0.05) is 85.8 Å². The first kappa shape index (κ1) is 21.0. The van der Waals surface area contributed by atoms with Gasteiger partial charge in [0.05, 0.1) is 0 Å². The fourth-order valence-electron chi connectivity index (χ4n) is 4.67. The topological polar surface area (TPSA) is 51.5 Å². The Morgan fingerprint density at radius 2 is 1.64 bits per heavy atom. The molecular formula is C28H26N2O3. The molecule has 4 aromatic rings. The van der Waals surface area contributed by atoms with Crippen molar-refractivity contribution in [1.29, 1.82) is 0 Å². The molecule has 2 heterocycles. The maximum atomic E-state index is 13.3. The molecule has 166 valence electrons. The first-order chi connectivity index (χ1) is 16.1. The summed E-state index contributed by atoms with van der Waals surface area (Å²) in [6.45, 7) is 3.00. The van der Waals surface area contributed by atoms with Gasteiger partial charge < -0.3 is 9.30 Å². The first-order valence-corrected chi connectivity index (χ1v) is 11.3. The monoisotopic (exact) mass is 438 g/mol. The van der Waals surface area contributed by atoms with Crippen LogP contribution in [-0.2, 0) is 16.1 Å². The molecule has 1 saturated heterocycles. The summed E-state index contributed by atoms with van der Waals surface area (Å²) in [6, 6.07) is 27.8. The lowest BCUT2D eigenvalue weighted by molar-refractivity contribution is -0.129. The van der Waals surface area contributed by atoms with Crippen LogP contribution in [0.4, 0.5) is 4.79 Å². The van der Waals surface area contributed by atoms with E-state index in [1.165, 1.54) is 10.5 Å². The zero-order chi connectivity index (χ0) is 22.8. The van der Waals surface area contributed by atoms with Gasteiger partial charge in [-0.3, -0.25) is 4.79 Å². The number of carbonyl (C=O) groups is 2. The van der Waals surface area contributed by atoms with Crippen LogP contribution >= 0.6 is 0 Å². The number of nitrogens with zero attached hydrogens (tertiary/aromatic N) is 2. The van der Waals surface area contributed by atoms with Gasteiger partial charge in [0.1, 0.15) is 12.6 Å². The van der Waals surface area contributed by atoms with E-state index in [1.54, 1.807) is 0 Å². The van der Waals surface area contributed by atoms with Crippen molar-refractivity contribution in [2.75, 3.05) is 6.61 Å². The summed E-state index contributed by atoms with van der Waals surface area (Å²) in [5.41, 5.74) is 4.37. The number of cyclic esters (lactones) is 1. The van der Waals surface area contributed by atoms with Gasteiger partial charge in [-0.05, 0) is 28.7 Å². The highest BCUT2D eigenvalue weighted by Gasteiger charge is 2.39. The molecule has 2 unspecified atom stereocenters. The molecule has 1 aliphatic rings. The fourth-order valence-corrected chi connectivity index (χ4v) is 4.67. The molecule has 2 amide bonds. The van der Waals surface area contributed by atoms with Crippen molar-refractivity contribution in [3.63, 3.8) is 0 Å². The molecule has 0 saturated carbocycles. The number of para-hydroxylation sites is 1. The average molecular weight is 439 g/mol. The summed E-state index contributed by atoms with van der Waals surface area (Å²) in [4.78, 5) is 27.0. The quantitative estimate of drug-likeness (QED) is 0.376. The van der Waals surface area contributed by atoms with Gasteiger partial charge in [0.25, 0.3) is 0 Å². The molecule has 3 aromatic carbocycles. The molecule has 0 radical (unpaired) electrons. The minimum atomic E-state index is -0.562. The second-order valence-electron chi connectivity index (χ2n) is 8.59. The average Bonchev–Trinajstić information content (AvgIpc) is 3.41. The number of fused-ring (bicyclic) bond motifs is 1. The van der Waals surface area contributed by atoms with Crippen molar-refractivity contribution in [3.05, 3.63) is 108 Å². The molecule has 5 heteroatoms. The third kappa shape index (κ3) is 4.14. The lowest BCUT2D eigenvalue weighted by atomic mass is 9.96. The largest absolute Gasteiger partial charge is 0.446 e. The van der Waals surface area contributed by atoms with Crippen molar-refractivity contribution in [3.8, 4) is 0 Å². The number of carbonyl (C=O) groups excluding carboxylic acids is 2. The van der Waals surface area contributed by atoms with Crippen LogP contribution in [0.5, 0.6) is 0 Å². The number of benzene rings is 3. The SMILES string of the molecule is CC(CC(=O)N1C(=O)OCC1c1ccccc1)c1cn(Cc2ccccc2)c2ccccc12. The lowest BCUT2D eigenvalue weighted by Crippen LogP contribution is -2.34. The number of ether oxygens (including phenoxy) is 1. The van der Waals surface area contributed by atoms with E-state index in [-0.39, 0.29) is 30.9 Å². The van der Waals surface area contributed by atoms with Gasteiger partial charge in [0.2, 0.25) is 5.91 Å². The summed E-state index contributed by atoms with van der Waals surface area (Å²) in [6.07, 6.45) is 1.82. The van der Waals surface area contributed by atoms with E-state index in [4.69, 9.17) is 4.74 Å². The predicted octanol–water partition coefficient (Wildman–Crippen LogP) is 5.90. The molecule has 5 rings (SSSR count). The molecule has 1 aromatic heterocycles. The smallest absolute Gasteiger partial charge is 0.417 e. The van der Waals surface area contributed by atoms with Crippen LogP contribution in [0.25, 0.3) is 10.9 Å². The number of amides is 2. The fraction of sp³-hybridized carbons (Fsp3) is 0.214. The minimum absolute atomic E-state index is 0.0516. The minimum Gasteiger partial charge on any atom is -0.446 e. The van der Waals surface area contributed by atoms with Gasteiger partial charge in [-0.25, -0.2) is 9.69 Å². The van der Waals surface area contributed by atoms with E-state index in [9.17, 15) is 9.59 Å². The Morgan fingerprint density at radius 3 is 2.39 bits per heavy atom. The van der Waals surface area contributed by atoms with Crippen LogP contribution in [0.15, 0.2) is 91.1 Å². The number of hydrogen-bond acceptors (Lipinski definition) is 3. The first-order valence-electron chi connectivity index (χ1n) is 11.3. The Balaban J connectivity index is 1.40. The third-order valence-electron chi connectivity index (χ3n) is 6.35. The molecular weight excluding hydrogens is 412 g/mol. The summed E-state index contributed by atoms with van der Waals surface area (Å²) in [5.74, 6) is -0.261. The van der Waals surface area contributed by atoms with Crippen LogP contribution in [-0.4, -0.2) is 28.1 Å². The maximum Gasteiger partial charge on any atom is 0.417 e. The Kier molecular flexibility index (Phi) is 5.69. The van der Waals surface area contributed by atoms with E-state index in [2.05, 4.69) is 35.0 Å². The normalized spacial score (nSPS) is 16.7. The number of aromatic nitrogens is 1. The summed E-state index contributed by atoms with van der Waals surface area (Å²) in [7, 11) is 0. The van der Waals surface area contributed by atoms with Crippen LogP contribution in [0.1, 0.15) is 42.0 Å². The van der Waals surface area contributed by atoms with Crippen LogP contribution < -0.4 is 0 Å². The Hall–Kier alpha value is -3.86. The standard InChI is InChI=1S/C28H26N2O3/c1-20(16-27(31)30-26(19-33-28(30)32)22-12-6-3-7-13-22)24-18-29(17-21-10-4-2-5-11-21)25-15-9-8-14-23(24)25/h2-15,18,20,26H,16-17,19H2,1H3. The number of hydrogen-bond donors (Lipinski definition) is 0. The van der Waals surface area contributed by atoms with Gasteiger partial charge in [0.15, 0.2) is 0 Å². The summed E-state index contributed by atoms with van der Waals surface area (Å²) in [5, 5.41) is 1.14. The Labute approximate surface area is 193 Å². The van der Waals surface area contributed by atoms with E-state index < -0.39 is 6.09 Å². The molecule has 1 fully saturated rings. The molecule has 0 N–H and O–H groups in total. The highest BCUT2D eigenvalue weighted by Crippen LogP contribution is 2.33. The second kappa shape index (κ2) is 8.94. The highest BCUT2D eigenvalue weighted by molar-refractivity contribution is 5.94. The van der Waals surface area contributed by atoms with Crippen molar-refractivity contribution < 1.29 is 14.3 Å². The van der Waals surface area contributed by atoms with Crippen LogP contribution in [0, 0.1) is 0 Å². The molecule has 1 aliphatic heterocycles. The van der Waals surface area contributed by atoms with Crippen molar-refractivity contribution in [1.82, 2.24) is 9.47 Å². The Morgan fingerprint density at radius 1 is 0.970 bits per heavy atom. The van der Waals surface area contributed by atoms with Gasteiger partial charge in [0, 0.05) is 30.1 Å².